The maximum atomic E-state index is 13.2. The molecule has 0 aliphatic rings. The number of rotatable bonds is 6. The van der Waals surface area contributed by atoms with Crippen molar-refractivity contribution in [1.82, 2.24) is 5.32 Å². The van der Waals surface area contributed by atoms with Gasteiger partial charge in [-0.3, -0.25) is 4.21 Å². The van der Waals surface area contributed by atoms with Crippen molar-refractivity contribution in [3.8, 4) is 0 Å². The van der Waals surface area contributed by atoms with Crippen molar-refractivity contribution in [3.63, 3.8) is 0 Å². The minimum absolute atomic E-state index is 0.172. The van der Waals surface area contributed by atoms with Crippen LogP contribution in [0, 0.1) is 5.82 Å². The molecule has 0 saturated carbocycles. The van der Waals surface area contributed by atoms with E-state index in [1.807, 2.05) is 6.92 Å². The molecule has 0 aliphatic heterocycles. The van der Waals surface area contributed by atoms with Crippen LogP contribution in [0.3, 0.4) is 0 Å². The summed E-state index contributed by atoms with van der Waals surface area (Å²) >= 11 is 5.84. The third kappa shape index (κ3) is 5.15. The maximum Gasteiger partial charge on any atom is 0.142 e. The molecule has 2 unspecified atom stereocenters. The highest BCUT2D eigenvalue weighted by Gasteiger charge is 2.07. The number of hydrogen-bond acceptors (Lipinski definition) is 2. The Hall–Kier alpha value is -0.450. The molecule has 96 valence electrons. The van der Waals surface area contributed by atoms with E-state index in [2.05, 4.69) is 5.32 Å². The molecule has 0 spiro atoms. The van der Waals surface area contributed by atoms with Gasteiger partial charge in [-0.25, -0.2) is 4.39 Å². The van der Waals surface area contributed by atoms with Gasteiger partial charge in [0, 0.05) is 35.4 Å². The molecule has 0 aromatic heterocycles. The fraction of sp³-hybridized carbons (Fsp3) is 0.500. The molecule has 2 atom stereocenters. The summed E-state index contributed by atoms with van der Waals surface area (Å²) in [6, 6.07) is 5.01. The van der Waals surface area contributed by atoms with Gasteiger partial charge in [0.05, 0.1) is 5.02 Å². The summed E-state index contributed by atoms with van der Waals surface area (Å²) < 4.78 is 24.1. The first-order chi connectivity index (χ1) is 8.00. The lowest BCUT2D eigenvalue weighted by molar-refractivity contribution is 0.532. The van der Waals surface area contributed by atoms with Crippen LogP contribution >= 0.6 is 11.6 Å². The van der Waals surface area contributed by atoms with Gasteiger partial charge in [0.2, 0.25) is 0 Å². The summed E-state index contributed by atoms with van der Waals surface area (Å²) in [5.74, 6) is 0.277. The van der Waals surface area contributed by atoms with E-state index in [-0.39, 0.29) is 11.1 Å². The Morgan fingerprint density at radius 3 is 2.88 bits per heavy atom. The molecule has 0 saturated heterocycles. The molecule has 1 aromatic carbocycles. The standard InChI is InChI=1S/C12H17ClFNOS/c1-9(6-7-17(2)16)15-8-10-4-3-5-11(14)12(10)13/h3-5,9,15H,6-8H2,1-2H3. The summed E-state index contributed by atoms with van der Waals surface area (Å²) in [5.41, 5.74) is 0.746. The second-order valence-electron chi connectivity index (χ2n) is 4.06. The van der Waals surface area contributed by atoms with E-state index in [4.69, 9.17) is 11.6 Å². The van der Waals surface area contributed by atoms with Crippen LogP contribution in [0.25, 0.3) is 0 Å². The van der Waals surface area contributed by atoms with Crippen LogP contribution in [0.1, 0.15) is 18.9 Å². The monoisotopic (exact) mass is 277 g/mol. The molecule has 0 amide bonds. The van der Waals surface area contributed by atoms with Crippen LogP contribution in [0.15, 0.2) is 18.2 Å². The number of halogens is 2. The summed E-state index contributed by atoms with van der Waals surface area (Å²) in [7, 11) is -0.768. The zero-order chi connectivity index (χ0) is 12.8. The molecule has 1 N–H and O–H groups in total. The van der Waals surface area contributed by atoms with E-state index in [1.165, 1.54) is 6.07 Å². The molecule has 0 aliphatic carbocycles. The predicted octanol–water partition coefficient (Wildman–Crippen LogP) is 2.73. The zero-order valence-corrected chi connectivity index (χ0v) is 11.6. The number of hydrogen-bond donors (Lipinski definition) is 1. The summed E-state index contributed by atoms with van der Waals surface area (Å²) in [4.78, 5) is 0. The van der Waals surface area contributed by atoms with Gasteiger partial charge in [0.15, 0.2) is 0 Å². The third-order valence-electron chi connectivity index (χ3n) is 2.51. The van der Waals surface area contributed by atoms with E-state index in [0.717, 1.165) is 12.0 Å². The van der Waals surface area contributed by atoms with Crippen molar-refractivity contribution in [3.05, 3.63) is 34.6 Å². The van der Waals surface area contributed by atoms with Crippen LogP contribution in [-0.2, 0) is 17.3 Å². The molecule has 17 heavy (non-hydrogen) atoms. The Balaban J connectivity index is 2.44. The molecule has 0 radical (unpaired) electrons. The van der Waals surface area contributed by atoms with Gasteiger partial charge in [-0.2, -0.15) is 0 Å². The largest absolute Gasteiger partial charge is 0.310 e. The Morgan fingerprint density at radius 2 is 2.24 bits per heavy atom. The second kappa shape index (κ2) is 7.09. The minimum Gasteiger partial charge on any atom is -0.310 e. The lowest BCUT2D eigenvalue weighted by atomic mass is 10.2. The van der Waals surface area contributed by atoms with E-state index < -0.39 is 16.6 Å². The first-order valence-corrected chi connectivity index (χ1v) is 7.57. The van der Waals surface area contributed by atoms with Crippen LogP contribution in [0.4, 0.5) is 4.39 Å². The van der Waals surface area contributed by atoms with Gasteiger partial charge in [-0.1, -0.05) is 23.7 Å². The smallest absolute Gasteiger partial charge is 0.142 e. The van der Waals surface area contributed by atoms with E-state index in [1.54, 1.807) is 18.4 Å². The highest BCUT2D eigenvalue weighted by molar-refractivity contribution is 7.84. The summed E-state index contributed by atoms with van der Waals surface area (Å²) in [6.45, 7) is 2.54. The Kier molecular flexibility index (Phi) is 6.09. The highest BCUT2D eigenvalue weighted by atomic mass is 35.5. The number of nitrogens with one attached hydrogen (secondary N) is 1. The topological polar surface area (TPSA) is 29.1 Å². The Labute approximate surface area is 109 Å². The van der Waals surface area contributed by atoms with Crippen molar-refractivity contribution in [1.29, 1.82) is 0 Å². The maximum absolute atomic E-state index is 13.2. The average molecular weight is 278 g/mol. The Morgan fingerprint density at radius 1 is 1.53 bits per heavy atom. The molecule has 5 heteroatoms. The van der Waals surface area contributed by atoms with Crippen molar-refractivity contribution in [2.24, 2.45) is 0 Å². The van der Waals surface area contributed by atoms with Crippen LogP contribution in [0.5, 0.6) is 0 Å². The van der Waals surface area contributed by atoms with Crippen molar-refractivity contribution < 1.29 is 8.60 Å². The van der Waals surface area contributed by atoms with Gasteiger partial charge in [-0.15, -0.1) is 0 Å². The predicted molar refractivity (Wildman–Crippen MR) is 71.3 cm³/mol. The van der Waals surface area contributed by atoms with Crippen molar-refractivity contribution in [2.45, 2.75) is 25.9 Å². The minimum atomic E-state index is -0.768. The fourth-order valence-corrected chi connectivity index (χ4v) is 2.29. The zero-order valence-electron chi connectivity index (χ0n) is 10.0. The number of benzene rings is 1. The highest BCUT2D eigenvalue weighted by Crippen LogP contribution is 2.19. The molecule has 1 aromatic rings. The van der Waals surface area contributed by atoms with Crippen molar-refractivity contribution in [2.75, 3.05) is 12.0 Å². The molecule has 2 nitrogen and oxygen atoms in total. The molecule has 0 fully saturated rings. The van der Waals surface area contributed by atoms with Crippen LogP contribution < -0.4 is 5.32 Å². The molecule has 1 rings (SSSR count). The van der Waals surface area contributed by atoms with Gasteiger partial charge in [0.25, 0.3) is 0 Å². The molecule has 0 heterocycles. The fourth-order valence-electron chi connectivity index (χ4n) is 1.41. The van der Waals surface area contributed by atoms with E-state index in [0.29, 0.717) is 12.3 Å². The third-order valence-corrected chi connectivity index (χ3v) is 3.74. The first kappa shape index (κ1) is 14.6. The average Bonchev–Trinajstić information content (AvgIpc) is 2.28. The quantitative estimate of drug-likeness (QED) is 0.866. The molecule has 0 bridgehead atoms. The van der Waals surface area contributed by atoms with Crippen molar-refractivity contribution >= 4 is 22.4 Å². The summed E-state index contributed by atoms with van der Waals surface area (Å²) in [5, 5.41) is 3.41. The Bertz CT molecular complexity index is 400. The van der Waals surface area contributed by atoms with Gasteiger partial charge < -0.3 is 5.32 Å². The van der Waals surface area contributed by atoms with Gasteiger partial charge in [-0.05, 0) is 25.0 Å². The van der Waals surface area contributed by atoms with Gasteiger partial charge >= 0.3 is 0 Å². The lowest BCUT2D eigenvalue weighted by Gasteiger charge is -2.13. The van der Waals surface area contributed by atoms with E-state index >= 15 is 0 Å². The second-order valence-corrected chi connectivity index (χ2v) is 5.99. The van der Waals surface area contributed by atoms with Crippen LogP contribution in [0.2, 0.25) is 5.02 Å². The van der Waals surface area contributed by atoms with Gasteiger partial charge in [0.1, 0.15) is 5.82 Å². The molecular formula is C12H17ClFNOS. The SMILES string of the molecule is CC(CCS(C)=O)NCc1cccc(F)c1Cl. The normalized spacial score (nSPS) is 14.6. The van der Waals surface area contributed by atoms with Crippen LogP contribution in [-0.4, -0.2) is 22.3 Å². The van der Waals surface area contributed by atoms with E-state index in [9.17, 15) is 8.60 Å². The molecular weight excluding hydrogens is 261 g/mol. The first-order valence-electron chi connectivity index (χ1n) is 5.47. The summed E-state index contributed by atoms with van der Waals surface area (Å²) in [6.07, 6.45) is 2.52. The lowest BCUT2D eigenvalue weighted by Crippen LogP contribution is -2.27.